The van der Waals surface area contributed by atoms with Crippen LogP contribution in [0.2, 0.25) is 0 Å². The molecule has 1 aliphatic rings. The van der Waals surface area contributed by atoms with Crippen molar-refractivity contribution in [2.75, 3.05) is 11.1 Å². The van der Waals surface area contributed by atoms with Crippen LogP contribution in [0, 0.1) is 6.92 Å². The highest BCUT2D eigenvalue weighted by Gasteiger charge is 2.20. The van der Waals surface area contributed by atoms with Crippen molar-refractivity contribution in [3.63, 3.8) is 0 Å². The zero-order valence-electron chi connectivity index (χ0n) is 11.5. The molecule has 0 saturated carbocycles. The van der Waals surface area contributed by atoms with Crippen LogP contribution in [-0.4, -0.2) is 4.98 Å². The first-order valence-electron chi connectivity index (χ1n) is 6.90. The smallest absolute Gasteiger partial charge is 0.126 e. The number of nitrogens with zero attached hydrogens (tertiary/aromatic N) is 1. The molecule has 1 aromatic heterocycles. The molecule has 104 valence electrons. The Hall–Kier alpha value is -1.55. The van der Waals surface area contributed by atoms with E-state index < -0.39 is 0 Å². The van der Waals surface area contributed by atoms with E-state index in [-0.39, 0.29) is 0 Å². The number of nitrogen functional groups attached to an aromatic ring is 1. The van der Waals surface area contributed by atoms with Crippen LogP contribution in [0.3, 0.4) is 0 Å². The molecule has 2 aromatic rings. The average molecular weight is 332 g/mol. The minimum absolute atomic E-state index is 0.326. The van der Waals surface area contributed by atoms with Crippen molar-refractivity contribution in [2.45, 2.75) is 32.2 Å². The highest BCUT2D eigenvalue weighted by Crippen LogP contribution is 2.33. The highest BCUT2D eigenvalue weighted by molar-refractivity contribution is 9.10. The van der Waals surface area contributed by atoms with Gasteiger partial charge in [0, 0.05) is 16.4 Å². The number of hydrogen-bond donors (Lipinski definition) is 2. The lowest BCUT2D eigenvalue weighted by atomic mass is 9.87. The lowest BCUT2D eigenvalue weighted by Crippen LogP contribution is -2.18. The molecule has 3 rings (SSSR count). The van der Waals surface area contributed by atoms with Gasteiger partial charge in [0.1, 0.15) is 5.82 Å². The number of anilines is 2. The molecule has 1 heterocycles. The Morgan fingerprint density at radius 2 is 2.20 bits per heavy atom. The Morgan fingerprint density at radius 3 is 3.00 bits per heavy atom. The summed E-state index contributed by atoms with van der Waals surface area (Å²) < 4.78 is 1.04. The lowest BCUT2D eigenvalue weighted by molar-refractivity contribution is 0.599. The summed E-state index contributed by atoms with van der Waals surface area (Å²) in [5.41, 5.74) is 10.6. The second-order valence-corrected chi connectivity index (χ2v) is 6.22. The van der Waals surface area contributed by atoms with Crippen molar-refractivity contribution >= 4 is 27.4 Å². The van der Waals surface area contributed by atoms with Crippen LogP contribution in [0.25, 0.3) is 0 Å². The highest BCUT2D eigenvalue weighted by atomic mass is 79.9. The van der Waals surface area contributed by atoms with Crippen LogP contribution in [-0.2, 0) is 6.42 Å². The SMILES string of the molecule is Cc1cc(NC2CCCc3cc(N)ccc32)ncc1Br. The minimum atomic E-state index is 0.326. The van der Waals surface area contributed by atoms with E-state index in [0.717, 1.165) is 28.8 Å². The molecule has 0 aliphatic heterocycles. The lowest BCUT2D eigenvalue weighted by Gasteiger charge is -2.27. The van der Waals surface area contributed by atoms with Crippen molar-refractivity contribution in [1.82, 2.24) is 4.98 Å². The molecule has 3 nitrogen and oxygen atoms in total. The van der Waals surface area contributed by atoms with Crippen LogP contribution in [0.1, 0.15) is 35.6 Å². The largest absolute Gasteiger partial charge is 0.399 e. The number of hydrogen-bond acceptors (Lipinski definition) is 3. The molecular weight excluding hydrogens is 314 g/mol. The van der Waals surface area contributed by atoms with E-state index in [1.807, 2.05) is 12.3 Å². The zero-order chi connectivity index (χ0) is 14.1. The molecule has 0 spiro atoms. The van der Waals surface area contributed by atoms with Crippen molar-refractivity contribution in [1.29, 1.82) is 0 Å². The third-order valence-electron chi connectivity index (χ3n) is 3.85. The minimum Gasteiger partial charge on any atom is -0.399 e. The topological polar surface area (TPSA) is 50.9 Å². The van der Waals surface area contributed by atoms with E-state index in [0.29, 0.717) is 6.04 Å². The Bertz CT molecular complexity index is 640. The Labute approximate surface area is 127 Å². The first kappa shape index (κ1) is 13.4. The van der Waals surface area contributed by atoms with Gasteiger partial charge in [-0.15, -0.1) is 0 Å². The van der Waals surface area contributed by atoms with Crippen molar-refractivity contribution in [3.05, 3.63) is 51.6 Å². The predicted octanol–water partition coefficient (Wildman–Crippen LogP) is 4.22. The van der Waals surface area contributed by atoms with Gasteiger partial charge in [-0.3, -0.25) is 0 Å². The monoisotopic (exact) mass is 331 g/mol. The second kappa shape index (κ2) is 5.44. The Kier molecular flexibility index (Phi) is 3.66. The summed E-state index contributed by atoms with van der Waals surface area (Å²) in [6.45, 7) is 2.08. The van der Waals surface area contributed by atoms with E-state index in [1.54, 1.807) is 0 Å². The van der Waals surface area contributed by atoms with Gasteiger partial charge in [-0.2, -0.15) is 0 Å². The van der Waals surface area contributed by atoms with Gasteiger partial charge in [0.2, 0.25) is 0 Å². The molecule has 20 heavy (non-hydrogen) atoms. The summed E-state index contributed by atoms with van der Waals surface area (Å²) in [5, 5.41) is 3.55. The number of pyridine rings is 1. The summed E-state index contributed by atoms with van der Waals surface area (Å²) in [5.74, 6) is 0.931. The molecule has 0 radical (unpaired) electrons. The number of aromatic nitrogens is 1. The zero-order valence-corrected chi connectivity index (χ0v) is 13.1. The fourth-order valence-electron chi connectivity index (χ4n) is 2.78. The maximum atomic E-state index is 5.88. The van der Waals surface area contributed by atoms with Crippen LogP contribution in [0.4, 0.5) is 11.5 Å². The number of rotatable bonds is 2. The summed E-state index contributed by atoms with van der Waals surface area (Å²) in [7, 11) is 0. The fourth-order valence-corrected chi connectivity index (χ4v) is 3.00. The van der Waals surface area contributed by atoms with Gasteiger partial charge < -0.3 is 11.1 Å². The van der Waals surface area contributed by atoms with Crippen LogP contribution in [0.15, 0.2) is 34.9 Å². The molecule has 4 heteroatoms. The number of nitrogens with one attached hydrogen (secondary N) is 1. The van der Waals surface area contributed by atoms with E-state index in [9.17, 15) is 0 Å². The standard InChI is InChI=1S/C16H18BrN3/c1-10-7-16(19-9-14(10)17)20-15-4-2-3-11-8-12(18)5-6-13(11)15/h5-9,15H,2-4,18H2,1H3,(H,19,20). The maximum absolute atomic E-state index is 5.88. The molecule has 1 aromatic carbocycles. The van der Waals surface area contributed by atoms with Crippen molar-refractivity contribution in [2.24, 2.45) is 0 Å². The summed E-state index contributed by atoms with van der Waals surface area (Å²) >= 11 is 3.48. The third kappa shape index (κ3) is 2.66. The molecule has 0 amide bonds. The number of fused-ring (bicyclic) bond motifs is 1. The Balaban J connectivity index is 1.87. The number of benzene rings is 1. The van der Waals surface area contributed by atoms with Crippen LogP contribution < -0.4 is 11.1 Å². The van der Waals surface area contributed by atoms with Gasteiger partial charge in [-0.25, -0.2) is 4.98 Å². The number of aryl methyl sites for hydroxylation is 2. The van der Waals surface area contributed by atoms with Crippen LogP contribution >= 0.6 is 15.9 Å². The van der Waals surface area contributed by atoms with Gasteiger partial charge in [-0.1, -0.05) is 6.07 Å². The van der Waals surface area contributed by atoms with Gasteiger partial charge in [0.25, 0.3) is 0 Å². The van der Waals surface area contributed by atoms with E-state index in [2.05, 4.69) is 51.4 Å². The number of nitrogens with two attached hydrogens (primary N) is 1. The van der Waals surface area contributed by atoms with Crippen molar-refractivity contribution in [3.8, 4) is 0 Å². The van der Waals surface area contributed by atoms with Gasteiger partial charge in [-0.05, 0) is 77.0 Å². The number of halogens is 1. The molecule has 1 aliphatic carbocycles. The molecule has 1 unspecified atom stereocenters. The summed E-state index contributed by atoms with van der Waals surface area (Å²) in [4.78, 5) is 4.44. The first-order valence-corrected chi connectivity index (χ1v) is 7.70. The van der Waals surface area contributed by atoms with Crippen molar-refractivity contribution < 1.29 is 0 Å². The molecule has 0 saturated heterocycles. The van der Waals surface area contributed by atoms with Gasteiger partial charge in [0.15, 0.2) is 0 Å². The van der Waals surface area contributed by atoms with E-state index >= 15 is 0 Å². The average Bonchev–Trinajstić information content (AvgIpc) is 2.43. The molecule has 1 atom stereocenters. The second-order valence-electron chi connectivity index (χ2n) is 5.37. The molecule has 0 fully saturated rings. The van der Waals surface area contributed by atoms with E-state index in [4.69, 9.17) is 5.73 Å². The van der Waals surface area contributed by atoms with Gasteiger partial charge in [0.05, 0.1) is 6.04 Å². The quantitative estimate of drug-likeness (QED) is 0.810. The molecule has 3 N–H and O–H groups in total. The molecule has 0 bridgehead atoms. The van der Waals surface area contributed by atoms with Crippen LogP contribution in [0.5, 0.6) is 0 Å². The Morgan fingerprint density at radius 1 is 1.35 bits per heavy atom. The maximum Gasteiger partial charge on any atom is 0.126 e. The summed E-state index contributed by atoms with van der Waals surface area (Å²) in [6.07, 6.45) is 5.28. The molecular formula is C16H18BrN3. The normalized spacial score (nSPS) is 17.6. The first-order chi connectivity index (χ1) is 9.63. The predicted molar refractivity (Wildman–Crippen MR) is 86.8 cm³/mol. The van der Waals surface area contributed by atoms with Gasteiger partial charge >= 0.3 is 0 Å². The van der Waals surface area contributed by atoms with E-state index in [1.165, 1.54) is 23.1 Å². The third-order valence-corrected chi connectivity index (χ3v) is 4.68. The fraction of sp³-hybridized carbons (Fsp3) is 0.312. The summed E-state index contributed by atoms with van der Waals surface area (Å²) in [6, 6.07) is 8.64.